The van der Waals surface area contributed by atoms with E-state index in [0.29, 0.717) is 12.4 Å². The van der Waals surface area contributed by atoms with Crippen molar-refractivity contribution in [2.24, 2.45) is 0 Å². The van der Waals surface area contributed by atoms with Gasteiger partial charge in [-0.3, -0.25) is 4.79 Å². The van der Waals surface area contributed by atoms with Crippen LogP contribution in [0.15, 0.2) is 54.6 Å². The van der Waals surface area contributed by atoms with Crippen molar-refractivity contribution >= 4 is 23.4 Å². The van der Waals surface area contributed by atoms with Crippen molar-refractivity contribution in [1.82, 2.24) is 14.7 Å². The summed E-state index contributed by atoms with van der Waals surface area (Å²) in [4.78, 5) is 27.9. The zero-order valence-electron chi connectivity index (χ0n) is 22.4. The molecule has 0 atom stereocenters. The van der Waals surface area contributed by atoms with Gasteiger partial charge in [-0.2, -0.15) is 5.10 Å². The minimum atomic E-state index is -0.276. The van der Waals surface area contributed by atoms with Gasteiger partial charge in [-0.15, -0.1) is 0 Å². The fraction of sp³-hybridized carbons (Fsp3) is 0.414. The minimum absolute atomic E-state index is 0.0516. The van der Waals surface area contributed by atoms with E-state index in [2.05, 4.69) is 45.3 Å². The minimum Gasteiger partial charge on any atom is -0.315 e. The molecular formula is C29H39N5O2. The van der Waals surface area contributed by atoms with Crippen LogP contribution in [0.5, 0.6) is 0 Å². The number of anilines is 2. The van der Waals surface area contributed by atoms with Crippen molar-refractivity contribution in [3.05, 3.63) is 71.4 Å². The highest BCUT2D eigenvalue weighted by Gasteiger charge is 2.23. The summed E-state index contributed by atoms with van der Waals surface area (Å²) in [6, 6.07) is 17.4. The van der Waals surface area contributed by atoms with E-state index in [1.54, 1.807) is 9.58 Å². The highest BCUT2D eigenvalue weighted by atomic mass is 16.2. The third kappa shape index (κ3) is 6.97. The standard InChI is InChI=1S/C29H39N5O2/c1-7-9-17-33(28(36)30-24-16-11-10-14-22(24)8-2)20-27(35)31-26-19-25(29(4,5)6)32-34(26)23-15-12-13-21(3)18-23/h10-16,18-19H,7-9,17,20H2,1-6H3,(H,30,36)(H,31,35). The molecule has 0 spiro atoms. The van der Waals surface area contributed by atoms with Crippen LogP contribution < -0.4 is 10.6 Å². The van der Waals surface area contributed by atoms with E-state index in [0.717, 1.165) is 47.5 Å². The van der Waals surface area contributed by atoms with Gasteiger partial charge < -0.3 is 15.5 Å². The number of hydrogen-bond donors (Lipinski definition) is 2. The van der Waals surface area contributed by atoms with Crippen LogP contribution in [0.4, 0.5) is 16.3 Å². The van der Waals surface area contributed by atoms with Crippen molar-refractivity contribution in [2.45, 2.75) is 66.2 Å². The molecule has 0 saturated heterocycles. The lowest BCUT2D eigenvalue weighted by molar-refractivity contribution is -0.116. The second-order valence-electron chi connectivity index (χ2n) is 10.2. The SMILES string of the molecule is CCCCN(CC(=O)Nc1cc(C(C)(C)C)nn1-c1cccc(C)c1)C(=O)Nc1ccccc1CC. The lowest BCUT2D eigenvalue weighted by Gasteiger charge is -2.23. The van der Waals surface area contributed by atoms with E-state index in [9.17, 15) is 9.59 Å². The maximum absolute atomic E-state index is 13.2. The number of amides is 3. The van der Waals surface area contributed by atoms with Gasteiger partial charge in [-0.1, -0.05) is 71.4 Å². The second-order valence-corrected chi connectivity index (χ2v) is 10.2. The predicted octanol–water partition coefficient (Wildman–Crippen LogP) is 6.31. The van der Waals surface area contributed by atoms with Gasteiger partial charge in [0, 0.05) is 23.7 Å². The monoisotopic (exact) mass is 489 g/mol. The molecule has 0 fully saturated rings. The number of benzene rings is 2. The van der Waals surface area contributed by atoms with Gasteiger partial charge in [0.1, 0.15) is 12.4 Å². The van der Waals surface area contributed by atoms with E-state index < -0.39 is 0 Å². The molecule has 0 aliphatic carbocycles. The number of hydrogen-bond acceptors (Lipinski definition) is 3. The molecule has 2 aromatic carbocycles. The molecule has 7 nitrogen and oxygen atoms in total. The molecule has 3 amide bonds. The first-order valence-corrected chi connectivity index (χ1v) is 12.7. The second kappa shape index (κ2) is 11.9. The number of nitrogens with one attached hydrogen (secondary N) is 2. The first kappa shape index (κ1) is 27.0. The van der Waals surface area contributed by atoms with Crippen LogP contribution in [0.25, 0.3) is 5.69 Å². The Morgan fingerprint density at radius 1 is 1.00 bits per heavy atom. The Balaban J connectivity index is 1.82. The maximum atomic E-state index is 13.2. The number of aryl methyl sites for hydroxylation is 2. The number of rotatable bonds is 9. The fourth-order valence-corrected chi connectivity index (χ4v) is 3.90. The smallest absolute Gasteiger partial charge is 0.315 e. The molecule has 1 aromatic heterocycles. The number of urea groups is 1. The maximum Gasteiger partial charge on any atom is 0.322 e. The van der Waals surface area contributed by atoms with Gasteiger partial charge >= 0.3 is 6.03 Å². The highest BCUT2D eigenvalue weighted by Crippen LogP contribution is 2.26. The molecule has 0 aliphatic rings. The Morgan fingerprint density at radius 3 is 2.42 bits per heavy atom. The molecule has 0 aliphatic heterocycles. The highest BCUT2D eigenvalue weighted by molar-refractivity contribution is 5.97. The van der Waals surface area contributed by atoms with E-state index in [1.807, 2.05) is 61.5 Å². The van der Waals surface area contributed by atoms with Crippen LogP contribution in [-0.4, -0.2) is 39.7 Å². The molecule has 3 aromatic rings. The summed E-state index contributed by atoms with van der Waals surface area (Å²) in [5.74, 6) is 0.321. The normalized spacial score (nSPS) is 11.3. The molecule has 192 valence electrons. The van der Waals surface area contributed by atoms with Gasteiger partial charge in [0.15, 0.2) is 0 Å². The lowest BCUT2D eigenvalue weighted by atomic mass is 9.92. The van der Waals surface area contributed by atoms with Gasteiger partial charge in [0.05, 0.1) is 11.4 Å². The van der Waals surface area contributed by atoms with Gasteiger partial charge in [0.25, 0.3) is 0 Å². The zero-order chi connectivity index (χ0) is 26.3. The lowest BCUT2D eigenvalue weighted by Crippen LogP contribution is -2.41. The number of unbranched alkanes of at least 4 members (excludes halogenated alkanes) is 1. The molecule has 7 heteroatoms. The number of para-hydroxylation sites is 1. The van der Waals surface area contributed by atoms with Crippen LogP contribution >= 0.6 is 0 Å². The van der Waals surface area contributed by atoms with Crippen molar-refractivity contribution < 1.29 is 9.59 Å². The largest absolute Gasteiger partial charge is 0.322 e. The average molecular weight is 490 g/mol. The molecule has 36 heavy (non-hydrogen) atoms. The van der Waals surface area contributed by atoms with E-state index >= 15 is 0 Å². The topological polar surface area (TPSA) is 79.3 Å². The predicted molar refractivity (Wildman–Crippen MR) is 147 cm³/mol. The third-order valence-corrected chi connectivity index (χ3v) is 6.03. The van der Waals surface area contributed by atoms with Crippen molar-refractivity contribution in [1.29, 1.82) is 0 Å². The summed E-state index contributed by atoms with van der Waals surface area (Å²) in [5.41, 5.74) is 4.50. The van der Waals surface area contributed by atoms with Gasteiger partial charge in [0.2, 0.25) is 5.91 Å². The zero-order valence-corrected chi connectivity index (χ0v) is 22.4. The summed E-state index contributed by atoms with van der Waals surface area (Å²) in [5, 5.41) is 10.8. The molecule has 0 radical (unpaired) electrons. The molecule has 1 heterocycles. The van der Waals surface area contributed by atoms with Crippen molar-refractivity contribution in [3.63, 3.8) is 0 Å². The van der Waals surface area contributed by atoms with Gasteiger partial charge in [-0.25, -0.2) is 9.48 Å². The van der Waals surface area contributed by atoms with Crippen LogP contribution in [0.2, 0.25) is 0 Å². The Morgan fingerprint density at radius 2 is 1.75 bits per heavy atom. The number of nitrogens with zero attached hydrogens (tertiary/aromatic N) is 3. The van der Waals surface area contributed by atoms with Crippen LogP contribution in [-0.2, 0) is 16.6 Å². The Kier molecular flexibility index (Phi) is 8.91. The first-order chi connectivity index (χ1) is 17.1. The van der Waals surface area contributed by atoms with Crippen LogP contribution in [0, 0.1) is 6.92 Å². The number of carbonyl (C=O) groups is 2. The molecule has 0 saturated carbocycles. The average Bonchev–Trinajstić information content (AvgIpc) is 3.26. The number of carbonyl (C=O) groups excluding carboxylic acids is 2. The Labute approximate surface area is 214 Å². The third-order valence-electron chi connectivity index (χ3n) is 6.03. The summed E-state index contributed by atoms with van der Waals surface area (Å²) < 4.78 is 1.76. The van der Waals surface area contributed by atoms with Crippen molar-refractivity contribution in [3.8, 4) is 5.69 Å². The molecule has 3 rings (SSSR count). The fourth-order valence-electron chi connectivity index (χ4n) is 3.90. The number of aromatic nitrogens is 2. The summed E-state index contributed by atoms with van der Waals surface area (Å²) >= 11 is 0. The van der Waals surface area contributed by atoms with Crippen LogP contribution in [0.3, 0.4) is 0 Å². The van der Waals surface area contributed by atoms with Crippen LogP contribution in [0.1, 0.15) is 64.3 Å². The van der Waals surface area contributed by atoms with Gasteiger partial charge in [-0.05, 0) is 49.1 Å². The Hall–Kier alpha value is -3.61. The first-order valence-electron chi connectivity index (χ1n) is 12.7. The van der Waals surface area contributed by atoms with E-state index in [4.69, 9.17) is 5.10 Å². The molecular weight excluding hydrogens is 450 g/mol. The summed E-state index contributed by atoms with van der Waals surface area (Å²) in [7, 11) is 0. The molecule has 2 N–H and O–H groups in total. The van der Waals surface area contributed by atoms with E-state index in [1.165, 1.54) is 0 Å². The van der Waals surface area contributed by atoms with Crippen molar-refractivity contribution in [2.75, 3.05) is 23.7 Å². The van der Waals surface area contributed by atoms with E-state index in [-0.39, 0.29) is 23.9 Å². The molecule has 0 unspecified atom stereocenters. The Bertz CT molecular complexity index is 1190. The summed E-state index contributed by atoms with van der Waals surface area (Å²) in [6.45, 7) is 12.9. The quantitative estimate of drug-likeness (QED) is 0.369. The molecule has 0 bridgehead atoms. The summed E-state index contributed by atoms with van der Waals surface area (Å²) in [6.07, 6.45) is 2.54.